The Morgan fingerprint density at radius 1 is 1.26 bits per heavy atom. The van der Waals surface area contributed by atoms with E-state index in [9.17, 15) is 9.59 Å². The molecule has 150 valence electrons. The van der Waals surface area contributed by atoms with Gasteiger partial charge in [-0.1, -0.05) is 12.1 Å². The molecule has 0 radical (unpaired) electrons. The van der Waals surface area contributed by atoms with Crippen LogP contribution < -0.4 is 0 Å². The van der Waals surface area contributed by atoms with E-state index in [4.69, 9.17) is 9.47 Å². The molecule has 1 fully saturated rings. The van der Waals surface area contributed by atoms with E-state index in [0.717, 1.165) is 28.8 Å². The van der Waals surface area contributed by atoms with E-state index in [1.807, 2.05) is 39.8 Å². The van der Waals surface area contributed by atoms with Crippen LogP contribution in [-0.4, -0.2) is 59.7 Å². The molecule has 6 nitrogen and oxygen atoms in total. The summed E-state index contributed by atoms with van der Waals surface area (Å²) in [6.07, 6.45) is -0.256. The number of carbonyl (C=O) groups is 2. The van der Waals surface area contributed by atoms with Crippen LogP contribution in [0, 0.1) is 3.57 Å². The lowest BCUT2D eigenvalue weighted by molar-refractivity contribution is 0.000496. The maximum Gasteiger partial charge on any atom is 0.410 e. The van der Waals surface area contributed by atoms with Crippen LogP contribution in [0.15, 0.2) is 18.2 Å². The average Bonchev–Trinajstić information content (AvgIpc) is 2.55. The lowest BCUT2D eigenvalue weighted by atomic mass is 10.1. The van der Waals surface area contributed by atoms with Gasteiger partial charge in [-0.25, -0.2) is 9.59 Å². The normalized spacial score (nSPS) is 18.3. The molecule has 1 aromatic carbocycles. The maximum absolute atomic E-state index is 12.4. The first kappa shape index (κ1) is 21.9. The molecular weight excluding hydrogens is 459 g/mol. The van der Waals surface area contributed by atoms with E-state index in [1.54, 1.807) is 17.9 Å². The Labute approximate surface area is 175 Å². The van der Waals surface area contributed by atoms with Crippen molar-refractivity contribution in [3.8, 4) is 0 Å². The van der Waals surface area contributed by atoms with Crippen LogP contribution in [-0.2, 0) is 16.0 Å². The number of carbonyl (C=O) groups excluding carboxylic acids is 2. The second-order valence-electron chi connectivity index (χ2n) is 7.76. The fourth-order valence-corrected chi connectivity index (χ4v) is 3.83. The summed E-state index contributed by atoms with van der Waals surface area (Å²) in [6, 6.07) is 5.80. The van der Waals surface area contributed by atoms with Gasteiger partial charge in [0.05, 0.1) is 12.2 Å². The fourth-order valence-electron chi connectivity index (χ4n) is 3.08. The van der Waals surface area contributed by atoms with Gasteiger partial charge in [0, 0.05) is 35.8 Å². The first-order chi connectivity index (χ1) is 12.6. The summed E-state index contributed by atoms with van der Waals surface area (Å²) in [4.78, 5) is 28.5. The highest BCUT2D eigenvalue weighted by atomic mass is 127. The van der Waals surface area contributed by atoms with E-state index < -0.39 is 5.60 Å². The Morgan fingerprint density at radius 2 is 1.96 bits per heavy atom. The summed E-state index contributed by atoms with van der Waals surface area (Å²) in [6.45, 7) is 12.7. The van der Waals surface area contributed by atoms with Crippen LogP contribution in [0.25, 0.3) is 0 Å². The highest BCUT2D eigenvalue weighted by Crippen LogP contribution is 2.22. The fraction of sp³-hybridized carbons (Fsp3) is 0.600. The van der Waals surface area contributed by atoms with Crippen molar-refractivity contribution in [2.45, 2.75) is 52.8 Å². The molecule has 1 aromatic rings. The quantitative estimate of drug-likeness (QED) is 0.475. The zero-order valence-electron chi connectivity index (χ0n) is 16.8. The van der Waals surface area contributed by atoms with Gasteiger partial charge in [0.2, 0.25) is 0 Å². The van der Waals surface area contributed by atoms with Crippen molar-refractivity contribution >= 4 is 34.7 Å². The monoisotopic (exact) mass is 488 g/mol. The predicted molar refractivity (Wildman–Crippen MR) is 113 cm³/mol. The van der Waals surface area contributed by atoms with Crippen LogP contribution in [0.2, 0.25) is 0 Å². The van der Waals surface area contributed by atoms with Crippen LogP contribution in [0.1, 0.15) is 50.5 Å². The van der Waals surface area contributed by atoms with Crippen LogP contribution in [0.5, 0.6) is 0 Å². The summed E-state index contributed by atoms with van der Waals surface area (Å²) in [7, 11) is 0. The molecule has 27 heavy (non-hydrogen) atoms. The Balaban J connectivity index is 2.02. The first-order valence-corrected chi connectivity index (χ1v) is 10.4. The molecule has 1 saturated heterocycles. The predicted octanol–water partition coefficient (Wildman–Crippen LogP) is 3.91. The minimum atomic E-state index is -0.489. The summed E-state index contributed by atoms with van der Waals surface area (Å²) < 4.78 is 11.6. The molecule has 0 aromatic heterocycles. The van der Waals surface area contributed by atoms with Gasteiger partial charge in [-0.3, -0.25) is 4.90 Å². The first-order valence-electron chi connectivity index (χ1n) is 9.29. The molecular formula is C20H29IN2O4. The molecule has 0 bridgehead atoms. The van der Waals surface area contributed by atoms with Gasteiger partial charge in [0.25, 0.3) is 0 Å². The highest BCUT2D eigenvalue weighted by Gasteiger charge is 2.31. The molecule has 2 rings (SSSR count). The number of halogens is 1. The molecule has 0 aliphatic carbocycles. The van der Waals surface area contributed by atoms with E-state index in [-0.39, 0.29) is 18.1 Å². The summed E-state index contributed by atoms with van der Waals surface area (Å²) >= 11 is 2.21. The van der Waals surface area contributed by atoms with Crippen molar-refractivity contribution in [3.05, 3.63) is 32.9 Å². The second kappa shape index (κ2) is 9.23. The molecule has 0 unspecified atom stereocenters. The summed E-state index contributed by atoms with van der Waals surface area (Å²) in [5.74, 6) is -0.285. The van der Waals surface area contributed by atoms with Crippen molar-refractivity contribution in [3.63, 3.8) is 0 Å². The van der Waals surface area contributed by atoms with E-state index in [0.29, 0.717) is 18.7 Å². The lowest BCUT2D eigenvalue weighted by Gasteiger charge is -2.40. The number of rotatable bonds is 4. The minimum absolute atomic E-state index is 0.0690. The van der Waals surface area contributed by atoms with Gasteiger partial charge < -0.3 is 14.4 Å². The van der Waals surface area contributed by atoms with Crippen molar-refractivity contribution < 1.29 is 19.1 Å². The zero-order valence-corrected chi connectivity index (χ0v) is 18.9. The van der Waals surface area contributed by atoms with Crippen LogP contribution in [0.3, 0.4) is 0 Å². The average molecular weight is 488 g/mol. The molecule has 0 N–H and O–H groups in total. The number of benzene rings is 1. The molecule has 1 aliphatic heterocycles. The number of ether oxygens (including phenoxy) is 2. The Morgan fingerprint density at radius 3 is 2.56 bits per heavy atom. The summed E-state index contributed by atoms with van der Waals surface area (Å²) in [5.41, 5.74) is 1.21. The van der Waals surface area contributed by atoms with Crippen molar-refractivity contribution in [2.75, 3.05) is 26.2 Å². The number of hydrogen-bond donors (Lipinski definition) is 0. The molecule has 1 amide bonds. The third-order valence-corrected chi connectivity index (χ3v) is 5.58. The van der Waals surface area contributed by atoms with E-state index in [2.05, 4.69) is 27.5 Å². The van der Waals surface area contributed by atoms with Gasteiger partial charge in [0.15, 0.2) is 0 Å². The standard InChI is InChI=1S/C20H29IN2O4/c1-6-26-18(24)16-9-7-8-15(17(16)21)13-22-10-11-23(14(2)12-22)19(25)27-20(3,4)5/h7-9,14H,6,10-13H2,1-5H3/t14-/m1/s1. The SMILES string of the molecule is CCOC(=O)c1cccc(CN2CCN(C(=O)OC(C)(C)C)[C@H](C)C2)c1I. The number of amides is 1. The van der Waals surface area contributed by atoms with E-state index >= 15 is 0 Å². The Kier molecular flexibility index (Phi) is 7.50. The molecule has 1 aliphatic rings. The van der Waals surface area contributed by atoms with Gasteiger partial charge in [-0.15, -0.1) is 0 Å². The van der Waals surface area contributed by atoms with Crippen molar-refractivity contribution in [2.24, 2.45) is 0 Å². The number of nitrogens with zero attached hydrogens (tertiary/aromatic N) is 2. The van der Waals surface area contributed by atoms with Gasteiger partial charge in [-0.2, -0.15) is 0 Å². The minimum Gasteiger partial charge on any atom is -0.462 e. The topological polar surface area (TPSA) is 59.1 Å². The summed E-state index contributed by atoms with van der Waals surface area (Å²) in [5, 5.41) is 0. The molecule has 1 atom stereocenters. The lowest BCUT2D eigenvalue weighted by Crippen LogP contribution is -2.54. The van der Waals surface area contributed by atoms with Crippen molar-refractivity contribution in [1.29, 1.82) is 0 Å². The highest BCUT2D eigenvalue weighted by molar-refractivity contribution is 14.1. The second-order valence-corrected chi connectivity index (χ2v) is 8.84. The Hall–Kier alpha value is -1.35. The molecule has 7 heteroatoms. The van der Waals surface area contributed by atoms with Gasteiger partial charge in [-0.05, 0) is 68.8 Å². The number of esters is 1. The third kappa shape index (κ3) is 6.07. The van der Waals surface area contributed by atoms with Crippen LogP contribution >= 0.6 is 22.6 Å². The van der Waals surface area contributed by atoms with E-state index in [1.165, 1.54) is 0 Å². The third-order valence-electron chi connectivity index (χ3n) is 4.31. The maximum atomic E-state index is 12.4. The molecule has 1 heterocycles. The largest absolute Gasteiger partial charge is 0.462 e. The smallest absolute Gasteiger partial charge is 0.410 e. The van der Waals surface area contributed by atoms with Crippen LogP contribution in [0.4, 0.5) is 4.79 Å². The Bertz CT molecular complexity index is 687. The molecule has 0 spiro atoms. The zero-order chi connectivity index (χ0) is 20.2. The van der Waals surface area contributed by atoms with Gasteiger partial charge >= 0.3 is 12.1 Å². The number of hydrogen-bond acceptors (Lipinski definition) is 5. The van der Waals surface area contributed by atoms with Gasteiger partial charge in [0.1, 0.15) is 5.60 Å². The molecule has 0 saturated carbocycles. The van der Waals surface area contributed by atoms with Crippen molar-refractivity contribution in [1.82, 2.24) is 9.80 Å². The number of piperazine rings is 1.